The average Bonchev–Trinajstić information content (AvgIpc) is 3.70. The molecule has 0 spiro atoms. The lowest BCUT2D eigenvalue weighted by molar-refractivity contribution is -0.836. The van der Waals surface area contributed by atoms with Gasteiger partial charge in [-0.3, -0.25) is 8.98 Å². The van der Waals surface area contributed by atoms with E-state index in [1.807, 2.05) is 4.90 Å². The van der Waals surface area contributed by atoms with Gasteiger partial charge in [-0.05, 0) is 26.7 Å². The van der Waals surface area contributed by atoms with E-state index < -0.39 is 10.4 Å². The number of hydrogen-bond acceptors (Lipinski definition) is 6. The van der Waals surface area contributed by atoms with Crippen molar-refractivity contribution in [2.75, 3.05) is 45.9 Å². The van der Waals surface area contributed by atoms with Gasteiger partial charge in [-0.2, -0.15) is 10.3 Å². The third-order valence-corrected chi connectivity index (χ3v) is 14.5. The van der Waals surface area contributed by atoms with Gasteiger partial charge in [0.25, 0.3) is 0 Å². The first-order valence-corrected chi connectivity index (χ1v) is 29.7. The number of carbonyl (C=O) groups excluding carboxylic acids is 1. The van der Waals surface area contributed by atoms with Gasteiger partial charge in [0.2, 0.25) is 16.3 Å². The average molecular weight is 939 g/mol. The molecule has 0 bridgehead atoms. The van der Waals surface area contributed by atoms with Crippen molar-refractivity contribution in [2.45, 2.75) is 291 Å². The third kappa shape index (κ3) is 41.2. The van der Waals surface area contributed by atoms with Crippen LogP contribution in [0.2, 0.25) is 0 Å². The zero-order valence-corrected chi connectivity index (χ0v) is 44.5. The van der Waals surface area contributed by atoms with Crippen LogP contribution in [-0.4, -0.2) is 80.0 Å². The largest absolute Gasteiger partial charge is 0.726 e. The summed E-state index contributed by atoms with van der Waals surface area (Å²) in [6, 6.07) is 2.30. The highest BCUT2D eigenvalue weighted by Crippen LogP contribution is 2.19. The Balaban J connectivity index is 0.00000537. The Morgan fingerprint density at radius 1 is 0.585 bits per heavy atom. The number of carbonyl (C=O) groups is 1. The van der Waals surface area contributed by atoms with Crippen LogP contribution in [0.4, 0.5) is 0 Å². The number of quaternary nitrogens is 1. The van der Waals surface area contributed by atoms with Gasteiger partial charge in [0.15, 0.2) is 6.54 Å². The van der Waals surface area contributed by atoms with Crippen molar-refractivity contribution in [2.24, 2.45) is 0 Å². The summed E-state index contributed by atoms with van der Waals surface area (Å²) in [6.07, 6.45) is 55.2. The minimum absolute atomic E-state index is 0.0914. The molecule has 1 rings (SSSR count). The van der Waals surface area contributed by atoms with Crippen LogP contribution in [0.5, 0.6) is 0 Å². The van der Waals surface area contributed by atoms with Gasteiger partial charge in [-0.15, -0.1) is 0 Å². The summed E-state index contributed by atoms with van der Waals surface area (Å²) in [5, 5.41) is 9.34. The molecule has 1 heterocycles. The molecule has 1 N–H and O–H groups in total. The summed E-state index contributed by atoms with van der Waals surface area (Å²) < 4.78 is 33.0. The molecule has 9 nitrogen and oxygen atoms in total. The molecule has 1 atom stereocenters. The Bertz CT molecular complexity index is 1220. The number of likely N-dealkylation sites (N-methyl/N-ethyl adjacent to an activating group) is 1. The molecule has 0 aromatic rings. The Morgan fingerprint density at radius 3 is 1.25 bits per heavy atom. The molecular weight excluding hydrogens is 829 g/mol. The maximum Gasteiger partial charge on any atom is 0.336 e. The van der Waals surface area contributed by atoms with Crippen molar-refractivity contribution in [1.82, 2.24) is 4.90 Å². The van der Waals surface area contributed by atoms with E-state index in [1.54, 1.807) is 0 Å². The summed E-state index contributed by atoms with van der Waals surface area (Å²) in [4.78, 5) is 19.2. The van der Waals surface area contributed by atoms with E-state index in [4.69, 9.17) is 0 Å². The second kappa shape index (κ2) is 47.5. The van der Waals surface area contributed by atoms with Crippen LogP contribution in [-0.2, 0) is 19.4 Å². The third-order valence-electron chi connectivity index (χ3n) is 14.0. The zero-order valence-electron chi connectivity index (χ0n) is 43.7. The highest BCUT2D eigenvalue weighted by Gasteiger charge is 2.41. The molecule has 384 valence electrons. The fourth-order valence-electron chi connectivity index (χ4n) is 9.68. The smallest absolute Gasteiger partial charge is 0.336 e. The van der Waals surface area contributed by atoms with E-state index in [1.165, 1.54) is 244 Å². The summed E-state index contributed by atoms with van der Waals surface area (Å²) in [7, 11) is -4.42. The number of nitriles is 1. The minimum Gasteiger partial charge on any atom is -0.726 e. The van der Waals surface area contributed by atoms with Crippen molar-refractivity contribution in [3.8, 4) is 6.07 Å². The zero-order chi connectivity index (χ0) is 47.8. The van der Waals surface area contributed by atoms with Gasteiger partial charge in [0, 0.05) is 13.0 Å². The number of hydrogen-bond donors (Lipinski definition) is 1. The molecule has 0 saturated heterocycles. The number of nitrogens with one attached hydrogen (secondary N) is 1. The molecule has 1 aliphatic rings. The topological polar surface area (TPSA) is 124 Å². The van der Waals surface area contributed by atoms with Gasteiger partial charge in [-0.25, -0.2) is 12.9 Å². The van der Waals surface area contributed by atoms with Crippen molar-refractivity contribution >= 4 is 22.1 Å². The first-order chi connectivity index (χ1) is 31.7. The minimum atomic E-state index is -4.42. The molecule has 1 unspecified atom stereocenters. The van der Waals surface area contributed by atoms with E-state index in [0.29, 0.717) is 19.4 Å². The number of amides is 1. The number of unbranched alkanes of at least 4 members (excludes halogenated alkanes) is 36. The van der Waals surface area contributed by atoms with E-state index in [0.717, 1.165) is 56.5 Å². The Kier molecular flexibility index (Phi) is 46.4. The standard InChI is InChI=1S/C53H103N4O.C2H6O4S/c1-4-7-9-11-13-15-17-19-21-23-25-27-29-31-33-35-37-39-41-44-52-55-47-50-57(52,6-3)51-49-56(48-43-46-54)53(58)45-42-40-38-36-34-32-30-28-26-24-22-20-18-16-14-12-10-8-5-2;1-2-6-7(3,4)5/h4-45,47-51H2,1-3H3;2H2,1H3,(H,3,4,5)/q+1;. The van der Waals surface area contributed by atoms with E-state index >= 15 is 0 Å². The highest BCUT2D eigenvalue weighted by atomic mass is 32.3. The molecule has 0 aromatic heterocycles. The Hall–Kier alpha value is -1.54. The summed E-state index contributed by atoms with van der Waals surface area (Å²) in [5.74, 6) is 1.77. The predicted octanol–water partition coefficient (Wildman–Crippen LogP) is 14.2. The van der Waals surface area contributed by atoms with Gasteiger partial charge in [-0.1, -0.05) is 245 Å². The Morgan fingerprint density at radius 2 is 0.938 bits per heavy atom. The van der Waals surface area contributed by atoms with E-state index in [9.17, 15) is 23.0 Å². The lowest BCUT2D eigenvalue weighted by Gasteiger charge is -2.32. The number of nitrogens with zero attached hydrogens (tertiary/aromatic N) is 3. The van der Waals surface area contributed by atoms with Crippen molar-refractivity contribution in [1.29, 1.82) is 5.26 Å². The molecule has 0 fully saturated rings. The van der Waals surface area contributed by atoms with Gasteiger partial charge in [0.1, 0.15) is 13.1 Å². The SMILES string of the molecule is CCCCCCCCCCCCCCCCCCCCCC(=O)N(CCC#N)CC[N+]1(CC)CC[NH+]=C1CCCCCCCCCCCCCCCCCCCCC.CCOS(=O)(=O)[O-]. The van der Waals surface area contributed by atoms with Crippen molar-refractivity contribution in [3.63, 3.8) is 0 Å². The fraction of sp³-hybridized carbons (Fsp3) is 0.945. The first kappa shape index (κ1) is 63.5. The lowest BCUT2D eigenvalue weighted by atomic mass is 10.0. The first-order valence-electron chi connectivity index (χ1n) is 28.4. The van der Waals surface area contributed by atoms with E-state index in [-0.39, 0.29) is 12.5 Å². The normalized spacial score (nSPS) is 14.9. The molecule has 1 amide bonds. The van der Waals surface area contributed by atoms with Crippen LogP contribution in [0, 0.1) is 11.3 Å². The van der Waals surface area contributed by atoms with Crippen LogP contribution in [0.25, 0.3) is 0 Å². The molecular formula is C55H109N4O5S+. The van der Waals surface area contributed by atoms with Gasteiger partial charge < -0.3 is 9.45 Å². The maximum absolute atomic E-state index is 13.4. The second-order valence-electron chi connectivity index (χ2n) is 19.6. The van der Waals surface area contributed by atoms with Crippen molar-refractivity contribution < 1.29 is 31.4 Å². The Labute approximate surface area is 405 Å². The van der Waals surface area contributed by atoms with Crippen LogP contribution in [0.1, 0.15) is 291 Å². The van der Waals surface area contributed by atoms with Crippen LogP contribution >= 0.6 is 0 Å². The second-order valence-corrected chi connectivity index (χ2v) is 20.7. The summed E-state index contributed by atoms with van der Waals surface area (Å²) in [5.41, 5.74) is 0. The molecule has 1 aliphatic heterocycles. The number of rotatable bonds is 48. The van der Waals surface area contributed by atoms with Gasteiger partial charge in [0.05, 0.1) is 38.6 Å². The van der Waals surface area contributed by atoms with Crippen molar-refractivity contribution in [3.05, 3.63) is 0 Å². The molecule has 65 heavy (non-hydrogen) atoms. The van der Waals surface area contributed by atoms with Crippen LogP contribution < -0.4 is 4.99 Å². The number of amidine groups is 1. The predicted molar refractivity (Wildman–Crippen MR) is 276 cm³/mol. The highest BCUT2D eigenvalue weighted by molar-refractivity contribution is 7.80. The maximum atomic E-state index is 13.4. The monoisotopic (exact) mass is 938 g/mol. The molecule has 0 saturated carbocycles. The fourth-order valence-corrected chi connectivity index (χ4v) is 9.97. The molecule has 0 aromatic carbocycles. The summed E-state index contributed by atoms with van der Waals surface area (Å²) >= 11 is 0. The molecule has 10 heteroatoms. The van der Waals surface area contributed by atoms with E-state index in [2.05, 4.69) is 36.0 Å². The molecule has 0 aliphatic carbocycles. The molecule has 0 radical (unpaired) electrons. The summed E-state index contributed by atoms with van der Waals surface area (Å²) in [6.45, 7) is 13.9. The quantitative estimate of drug-likeness (QED) is 0.0280. The lowest BCUT2D eigenvalue weighted by Crippen LogP contribution is -2.72. The van der Waals surface area contributed by atoms with Gasteiger partial charge >= 0.3 is 5.84 Å². The van der Waals surface area contributed by atoms with Crippen LogP contribution in [0.15, 0.2) is 0 Å². The van der Waals surface area contributed by atoms with Crippen LogP contribution in [0.3, 0.4) is 0 Å².